The van der Waals surface area contributed by atoms with E-state index in [0.29, 0.717) is 0 Å². The van der Waals surface area contributed by atoms with Crippen molar-refractivity contribution in [1.82, 2.24) is 10.6 Å². The number of methoxy groups -OCH3 is 1. The molecule has 0 heterocycles. The summed E-state index contributed by atoms with van der Waals surface area (Å²) in [6.45, 7) is 10.7. The van der Waals surface area contributed by atoms with Crippen molar-refractivity contribution < 1.29 is 9.53 Å². The van der Waals surface area contributed by atoms with E-state index in [2.05, 4.69) is 31.4 Å². The van der Waals surface area contributed by atoms with Gasteiger partial charge in [-0.2, -0.15) is 0 Å². The SMILES string of the molecule is COCNC(=O)NC(C)(C)CC(C)(C)C. The van der Waals surface area contributed by atoms with Crippen molar-refractivity contribution in [1.29, 1.82) is 0 Å². The van der Waals surface area contributed by atoms with Crippen molar-refractivity contribution in [2.24, 2.45) is 5.41 Å². The first kappa shape index (κ1) is 14.2. The van der Waals surface area contributed by atoms with E-state index >= 15 is 0 Å². The number of hydrogen-bond donors (Lipinski definition) is 2. The van der Waals surface area contributed by atoms with Gasteiger partial charge >= 0.3 is 6.03 Å². The zero-order valence-electron chi connectivity index (χ0n) is 10.7. The fourth-order valence-corrected chi connectivity index (χ4v) is 1.86. The molecule has 0 rings (SSSR count). The van der Waals surface area contributed by atoms with Crippen LogP contribution in [0.25, 0.3) is 0 Å². The lowest BCUT2D eigenvalue weighted by Gasteiger charge is -2.33. The van der Waals surface area contributed by atoms with E-state index in [0.717, 1.165) is 6.42 Å². The quantitative estimate of drug-likeness (QED) is 0.707. The number of rotatable bonds is 4. The third-order valence-electron chi connectivity index (χ3n) is 1.80. The van der Waals surface area contributed by atoms with Crippen LogP contribution in [0.3, 0.4) is 0 Å². The monoisotopic (exact) mass is 216 g/mol. The normalized spacial score (nSPS) is 12.4. The number of carbonyl (C=O) groups excluding carboxylic acids is 1. The van der Waals surface area contributed by atoms with Crippen molar-refractivity contribution in [2.45, 2.75) is 46.6 Å². The molecule has 90 valence electrons. The lowest BCUT2D eigenvalue weighted by molar-refractivity contribution is 0.164. The van der Waals surface area contributed by atoms with E-state index in [1.807, 2.05) is 13.8 Å². The standard InChI is InChI=1S/C11H24N2O2/c1-10(2,3)7-11(4,5)13-9(14)12-8-15-6/h7-8H2,1-6H3,(H2,12,13,14). The zero-order chi connectivity index (χ0) is 12.1. The molecule has 0 aromatic heterocycles. The smallest absolute Gasteiger partial charge is 0.316 e. The van der Waals surface area contributed by atoms with Crippen molar-refractivity contribution in [3.05, 3.63) is 0 Å². The van der Waals surface area contributed by atoms with Crippen LogP contribution in [0.2, 0.25) is 0 Å². The van der Waals surface area contributed by atoms with Gasteiger partial charge in [0.1, 0.15) is 6.73 Å². The molecule has 0 bridgehead atoms. The molecule has 0 aromatic rings. The third kappa shape index (κ3) is 8.24. The van der Waals surface area contributed by atoms with E-state index in [-0.39, 0.29) is 23.7 Å². The van der Waals surface area contributed by atoms with E-state index in [1.165, 1.54) is 0 Å². The Kier molecular flexibility index (Phi) is 5.08. The molecule has 4 heteroatoms. The maximum absolute atomic E-state index is 11.4. The van der Waals surface area contributed by atoms with Crippen molar-refractivity contribution in [3.63, 3.8) is 0 Å². The molecule has 0 radical (unpaired) electrons. The average Bonchev–Trinajstić information content (AvgIpc) is 1.94. The third-order valence-corrected chi connectivity index (χ3v) is 1.80. The number of carbonyl (C=O) groups is 1. The average molecular weight is 216 g/mol. The molecule has 0 aliphatic rings. The fourth-order valence-electron chi connectivity index (χ4n) is 1.86. The number of nitrogens with one attached hydrogen (secondary N) is 2. The van der Waals surface area contributed by atoms with Gasteiger partial charge < -0.3 is 15.4 Å². The Hall–Kier alpha value is -0.770. The van der Waals surface area contributed by atoms with Gasteiger partial charge in [-0.05, 0) is 25.7 Å². The number of urea groups is 1. The molecule has 0 aliphatic heterocycles. The minimum absolute atomic E-state index is 0.189. The van der Waals surface area contributed by atoms with Crippen LogP contribution < -0.4 is 10.6 Å². The Balaban J connectivity index is 4.07. The summed E-state index contributed by atoms with van der Waals surface area (Å²) < 4.78 is 4.76. The minimum Gasteiger partial charge on any atom is -0.364 e. The summed E-state index contributed by atoms with van der Waals surface area (Å²) in [5.74, 6) is 0. The molecule has 0 aromatic carbocycles. The van der Waals surface area contributed by atoms with E-state index in [9.17, 15) is 4.79 Å². The second-order valence-corrected chi connectivity index (χ2v) is 5.69. The predicted molar refractivity (Wildman–Crippen MR) is 61.7 cm³/mol. The van der Waals surface area contributed by atoms with Crippen LogP contribution in [0.15, 0.2) is 0 Å². The molecule has 0 aliphatic carbocycles. The molecule has 4 nitrogen and oxygen atoms in total. The van der Waals surface area contributed by atoms with Gasteiger partial charge in [0, 0.05) is 12.6 Å². The van der Waals surface area contributed by atoms with E-state index in [1.54, 1.807) is 7.11 Å². The molecule has 2 amide bonds. The topological polar surface area (TPSA) is 50.4 Å². The van der Waals surface area contributed by atoms with Gasteiger partial charge in [0.2, 0.25) is 0 Å². The van der Waals surface area contributed by atoms with Crippen LogP contribution in [-0.2, 0) is 4.74 Å². The highest BCUT2D eigenvalue weighted by atomic mass is 16.5. The molecule has 15 heavy (non-hydrogen) atoms. The molecule has 0 spiro atoms. The number of ether oxygens (including phenoxy) is 1. The molecule has 0 saturated carbocycles. The van der Waals surface area contributed by atoms with Crippen molar-refractivity contribution in [2.75, 3.05) is 13.8 Å². The molecule has 2 N–H and O–H groups in total. The molecular formula is C11H24N2O2. The Labute approximate surface area is 92.8 Å². The van der Waals surface area contributed by atoms with Crippen molar-refractivity contribution in [3.8, 4) is 0 Å². The molecule has 0 saturated heterocycles. The van der Waals surface area contributed by atoms with Crippen LogP contribution in [0.5, 0.6) is 0 Å². The number of amides is 2. The van der Waals surface area contributed by atoms with Gasteiger partial charge in [-0.15, -0.1) is 0 Å². The van der Waals surface area contributed by atoms with Gasteiger partial charge in [0.25, 0.3) is 0 Å². The second kappa shape index (κ2) is 5.35. The lowest BCUT2D eigenvalue weighted by Crippen LogP contribution is -2.50. The zero-order valence-corrected chi connectivity index (χ0v) is 10.7. The lowest BCUT2D eigenvalue weighted by atomic mass is 9.82. The first-order valence-electron chi connectivity index (χ1n) is 5.21. The minimum atomic E-state index is -0.212. The van der Waals surface area contributed by atoms with E-state index in [4.69, 9.17) is 4.74 Å². The summed E-state index contributed by atoms with van der Waals surface area (Å²) >= 11 is 0. The highest BCUT2D eigenvalue weighted by Gasteiger charge is 2.26. The summed E-state index contributed by atoms with van der Waals surface area (Å²) in [5.41, 5.74) is -0.0197. The first-order chi connectivity index (χ1) is 6.66. The van der Waals surface area contributed by atoms with Gasteiger partial charge in [0.05, 0.1) is 0 Å². The van der Waals surface area contributed by atoms with E-state index < -0.39 is 0 Å². The Bertz CT molecular complexity index is 207. The highest BCUT2D eigenvalue weighted by Crippen LogP contribution is 2.26. The van der Waals surface area contributed by atoms with Crippen LogP contribution in [0, 0.1) is 5.41 Å². The Morgan fingerprint density at radius 2 is 1.73 bits per heavy atom. The Morgan fingerprint density at radius 1 is 1.20 bits per heavy atom. The fraction of sp³-hybridized carbons (Fsp3) is 0.909. The summed E-state index contributed by atoms with van der Waals surface area (Å²) in [6, 6.07) is -0.189. The van der Waals surface area contributed by atoms with Crippen LogP contribution in [0.1, 0.15) is 41.0 Å². The molecule has 0 unspecified atom stereocenters. The van der Waals surface area contributed by atoms with Crippen LogP contribution >= 0.6 is 0 Å². The number of hydrogen-bond acceptors (Lipinski definition) is 2. The highest BCUT2D eigenvalue weighted by molar-refractivity contribution is 5.74. The predicted octanol–water partition coefficient (Wildman–Crippen LogP) is 2.10. The van der Waals surface area contributed by atoms with Gasteiger partial charge in [0.15, 0.2) is 0 Å². The summed E-state index contributed by atoms with van der Waals surface area (Å²) in [5, 5.41) is 5.52. The van der Waals surface area contributed by atoms with Crippen LogP contribution in [0.4, 0.5) is 4.79 Å². The van der Waals surface area contributed by atoms with Crippen LogP contribution in [-0.4, -0.2) is 25.4 Å². The maximum atomic E-state index is 11.4. The van der Waals surface area contributed by atoms with Crippen molar-refractivity contribution >= 4 is 6.03 Å². The molecular weight excluding hydrogens is 192 g/mol. The Morgan fingerprint density at radius 3 is 2.13 bits per heavy atom. The van der Waals surface area contributed by atoms with Gasteiger partial charge in [-0.3, -0.25) is 0 Å². The van der Waals surface area contributed by atoms with Gasteiger partial charge in [-0.1, -0.05) is 20.8 Å². The second-order valence-electron chi connectivity index (χ2n) is 5.69. The summed E-state index contributed by atoms with van der Waals surface area (Å²) in [6.07, 6.45) is 0.917. The summed E-state index contributed by atoms with van der Waals surface area (Å²) in [4.78, 5) is 11.4. The largest absolute Gasteiger partial charge is 0.364 e. The van der Waals surface area contributed by atoms with Gasteiger partial charge in [-0.25, -0.2) is 4.79 Å². The maximum Gasteiger partial charge on any atom is 0.316 e. The summed E-state index contributed by atoms with van der Waals surface area (Å²) in [7, 11) is 1.54. The molecule has 0 fully saturated rings. The first-order valence-corrected chi connectivity index (χ1v) is 5.21. The molecule has 0 atom stereocenters.